The van der Waals surface area contributed by atoms with Gasteiger partial charge in [-0.05, 0) is 0 Å². The summed E-state index contributed by atoms with van der Waals surface area (Å²) in [5.41, 5.74) is 0. The van der Waals surface area contributed by atoms with Crippen molar-refractivity contribution >= 4 is 112 Å². The van der Waals surface area contributed by atoms with E-state index in [1.165, 1.54) is 8.47 Å². The molecular formula is C11H14S6Te2. The van der Waals surface area contributed by atoms with Gasteiger partial charge in [-0.15, -0.1) is 0 Å². The van der Waals surface area contributed by atoms with Gasteiger partial charge in [-0.25, -0.2) is 0 Å². The molecule has 3 rings (SSSR count). The van der Waals surface area contributed by atoms with Gasteiger partial charge in [-0.2, -0.15) is 0 Å². The molecule has 0 aromatic carbocycles. The van der Waals surface area contributed by atoms with Crippen LogP contribution in [0.4, 0.5) is 0 Å². The molecule has 0 radical (unpaired) electrons. The van der Waals surface area contributed by atoms with Gasteiger partial charge in [0.1, 0.15) is 0 Å². The molecule has 0 N–H and O–H groups in total. The van der Waals surface area contributed by atoms with Crippen LogP contribution in [0.5, 0.6) is 0 Å². The minimum atomic E-state index is 0.286. The van der Waals surface area contributed by atoms with E-state index < -0.39 is 0 Å². The average molecular weight is 594 g/mol. The zero-order valence-electron chi connectivity index (χ0n) is 10.5. The topological polar surface area (TPSA) is 0 Å². The van der Waals surface area contributed by atoms with Crippen molar-refractivity contribution in [1.29, 1.82) is 0 Å². The van der Waals surface area contributed by atoms with Crippen molar-refractivity contribution in [3.05, 3.63) is 16.9 Å². The third-order valence-corrected chi connectivity index (χ3v) is 23.6. The SMILES string of the molecule is CSC1=C(SC)SC(=C2SC3[Te]CCC[Te]C3S2)S1. The summed E-state index contributed by atoms with van der Waals surface area (Å²) in [5.74, 6) is 0. The van der Waals surface area contributed by atoms with Crippen molar-refractivity contribution in [2.24, 2.45) is 0 Å². The molecule has 0 spiro atoms. The Morgan fingerprint density at radius 1 is 0.895 bits per heavy atom. The molecule has 0 aromatic heterocycles. The Balaban J connectivity index is 1.73. The maximum atomic E-state index is 2.28. The maximum absolute atomic E-state index is 2.28. The summed E-state index contributed by atoms with van der Waals surface area (Å²) in [6.45, 7) is 0. The Morgan fingerprint density at radius 2 is 1.42 bits per heavy atom. The summed E-state index contributed by atoms with van der Waals surface area (Å²) in [6, 6.07) is 0. The molecule has 2 unspecified atom stereocenters. The molecule has 3 aliphatic rings. The Hall–Kier alpha value is 3.16. The fourth-order valence-electron chi connectivity index (χ4n) is 1.74. The Labute approximate surface area is 161 Å². The summed E-state index contributed by atoms with van der Waals surface area (Å²) >= 11 is 13.1. The third kappa shape index (κ3) is 4.17. The normalized spacial score (nSPS) is 31.9. The number of hydrogen-bond donors (Lipinski definition) is 0. The van der Waals surface area contributed by atoms with Crippen molar-refractivity contribution in [1.82, 2.24) is 0 Å². The van der Waals surface area contributed by atoms with Gasteiger partial charge in [-0.3, -0.25) is 0 Å². The molecule has 0 amide bonds. The van der Waals surface area contributed by atoms with Crippen LogP contribution in [0.15, 0.2) is 16.9 Å². The van der Waals surface area contributed by atoms with Gasteiger partial charge in [0.2, 0.25) is 0 Å². The zero-order valence-corrected chi connectivity index (χ0v) is 20.1. The molecule has 0 saturated carbocycles. The fourth-order valence-corrected chi connectivity index (χ4v) is 25.6. The van der Waals surface area contributed by atoms with Crippen LogP contribution >= 0.6 is 70.6 Å². The third-order valence-electron chi connectivity index (χ3n) is 2.60. The molecule has 2 fully saturated rings. The first-order valence-corrected chi connectivity index (χ1v) is 17.6. The Kier molecular flexibility index (Phi) is 7.44. The Bertz CT molecular complexity index is 387. The predicted octanol–water partition coefficient (Wildman–Crippen LogP) is 5.23. The monoisotopic (exact) mass is 598 g/mol. The molecule has 0 bridgehead atoms. The van der Waals surface area contributed by atoms with E-state index in [2.05, 4.69) is 36.0 Å². The standard InChI is InChI=1S/C11H14S6Te2/c1-12-6-7(13-2)15-8(14-6)9-16-10-11(17-9)19-5-3-4-18-10/h10-11H,3-5H2,1-2H3. The van der Waals surface area contributed by atoms with Crippen LogP contribution in [0.3, 0.4) is 0 Å². The quantitative estimate of drug-likeness (QED) is 0.400. The number of thioether (sulfide) groups is 6. The summed E-state index contributed by atoms with van der Waals surface area (Å²) in [6.07, 6.45) is 6.00. The van der Waals surface area contributed by atoms with Crippen molar-refractivity contribution in [3.63, 3.8) is 0 Å². The van der Waals surface area contributed by atoms with Crippen LogP contribution in [-0.2, 0) is 0 Å². The summed E-state index contributed by atoms with van der Waals surface area (Å²) in [4.78, 5) is 0. The van der Waals surface area contributed by atoms with Crippen molar-refractivity contribution < 1.29 is 0 Å². The summed E-state index contributed by atoms with van der Waals surface area (Å²) in [7, 11) is 0. The second-order valence-electron chi connectivity index (χ2n) is 3.83. The molecule has 3 heterocycles. The van der Waals surface area contributed by atoms with Gasteiger partial charge < -0.3 is 0 Å². The molecule has 3 aliphatic heterocycles. The first-order chi connectivity index (χ1) is 9.31. The van der Waals surface area contributed by atoms with Gasteiger partial charge >= 0.3 is 164 Å². The molecule has 19 heavy (non-hydrogen) atoms. The van der Waals surface area contributed by atoms with Crippen LogP contribution in [0.2, 0.25) is 8.94 Å². The van der Waals surface area contributed by atoms with Crippen molar-refractivity contribution in [2.75, 3.05) is 12.5 Å². The first kappa shape index (κ1) is 17.0. The van der Waals surface area contributed by atoms with Gasteiger partial charge in [0.05, 0.1) is 0 Å². The molecule has 0 nitrogen and oxygen atoms in total. The predicted molar refractivity (Wildman–Crippen MR) is 105 cm³/mol. The van der Waals surface area contributed by atoms with Crippen LogP contribution in [0.1, 0.15) is 6.42 Å². The van der Waals surface area contributed by atoms with Gasteiger partial charge in [0.15, 0.2) is 0 Å². The minimum absolute atomic E-state index is 0.286. The van der Waals surface area contributed by atoms with E-state index in [9.17, 15) is 0 Å². The second kappa shape index (κ2) is 8.31. The van der Waals surface area contributed by atoms with Crippen LogP contribution < -0.4 is 0 Å². The van der Waals surface area contributed by atoms with Crippen LogP contribution in [0.25, 0.3) is 0 Å². The molecule has 0 aromatic rings. The van der Waals surface area contributed by atoms with E-state index >= 15 is 0 Å². The molecular weight excluding hydrogens is 580 g/mol. The van der Waals surface area contributed by atoms with E-state index in [-0.39, 0.29) is 41.8 Å². The zero-order chi connectivity index (χ0) is 13.2. The fraction of sp³-hybridized carbons (Fsp3) is 0.636. The van der Waals surface area contributed by atoms with E-state index in [4.69, 9.17) is 0 Å². The van der Waals surface area contributed by atoms with E-state index in [1.54, 1.807) is 23.8 Å². The molecule has 2 saturated heterocycles. The summed E-state index contributed by atoms with van der Waals surface area (Å²) < 4.78 is 11.7. The van der Waals surface area contributed by atoms with Crippen LogP contribution in [-0.4, -0.2) is 61.0 Å². The van der Waals surface area contributed by atoms with E-state index in [1.807, 2.05) is 47.0 Å². The van der Waals surface area contributed by atoms with E-state index in [0.717, 1.165) is 6.60 Å². The Morgan fingerprint density at radius 3 is 1.89 bits per heavy atom. The summed E-state index contributed by atoms with van der Waals surface area (Å²) in [5, 5.41) is 0. The number of hydrogen-bond acceptors (Lipinski definition) is 6. The average Bonchev–Trinajstić information content (AvgIpc) is 2.97. The van der Waals surface area contributed by atoms with Gasteiger partial charge in [-0.1, -0.05) is 0 Å². The molecule has 0 aliphatic carbocycles. The first-order valence-electron chi connectivity index (χ1n) is 5.80. The second-order valence-corrected chi connectivity index (χ2v) is 19.8. The molecule has 8 heteroatoms. The van der Waals surface area contributed by atoms with Crippen molar-refractivity contribution in [3.8, 4) is 0 Å². The van der Waals surface area contributed by atoms with Gasteiger partial charge in [0, 0.05) is 0 Å². The number of fused-ring (bicyclic) bond motifs is 1. The van der Waals surface area contributed by atoms with Gasteiger partial charge in [0.25, 0.3) is 0 Å². The molecule has 2 atom stereocenters. The van der Waals surface area contributed by atoms with Crippen LogP contribution in [0, 0.1) is 0 Å². The van der Waals surface area contributed by atoms with Crippen molar-refractivity contribution in [2.45, 2.75) is 22.0 Å². The number of rotatable bonds is 2. The molecule has 106 valence electrons. The van der Waals surface area contributed by atoms with E-state index in [0.29, 0.717) is 0 Å².